The topological polar surface area (TPSA) is 82.0 Å². The first-order valence-electron chi connectivity index (χ1n) is 7.00. The zero-order valence-corrected chi connectivity index (χ0v) is 13.1. The van der Waals surface area contributed by atoms with E-state index in [1.54, 1.807) is 24.4 Å². The van der Waals surface area contributed by atoms with E-state index in [0.717, 1.165) is 27.1 Å². The van der Waals surface area contributed by atoms with E-state index in [4.69, 9.17) is 11.5 Å². The number of rotatable bonds is 3. The van der Waals surface area contributed by atoms with Crippen molar-refractivity contribution in [1.29, 1.82) is 0 Å². The van der Waals surface area contributed by atoms with Gasteiger partial charge in [-0.2, -0.15) is 0 Å². The summed E-state index contributed by atoms with van der Waals surface area (Å²) in [6.45, 7) is 0. The number of hydrogen-bond donors (Lipinski definition) is 3. The van der Waals surface area contributed by atoms with Gasteiger partial charge in [0.1, 0.15) is 5.82 Å². The highest BCUT2D eigenvalue weighted by molar-refractivity contribution is 7.80. The van der Waals surface area contributed by atoms with Gasteiger partial charge in [0.05, 0.1) is 0 Å². The van der Waals surface area contributed by atoms with Gasteiger partial charge in [-0.15, -0.1) is 12.6 Å². The van der Waals surface area contributed by atoms with Gasteiger partial charge in [-0.25, -0.2) is 4.98 Å². The van der Waals surface area contributed by atoms with Crippen LogP contribution in [0.5, 0.6) is 0 Å². The normalized spacial score (nSPS) is 10.5. The quantitative estimate of drug-likeness (QED) is 0.647. The van der Waals surface area contributed by atoms with Crippen LogP contribution in [0.2, 0.25) is 0 Å². The molecule has 0 saturated heterocycles. The molecule has 3 aromatic rings. The third kappa shape index (κ3) is 3.19. The van der Waals surface area contributed by atoms with Crippen LogP contribution in [0.3, 0.4) is 0 Å². The number of amides is 1. The van der Waals surface area contributed by atoms with Crippen LogP contribution in [0.25, 0.3) is 22.3 Å². The minimum atomic E-state index is -0.473. The Balaban J connectivity index is 2.09. The molecule has 0 aliphatic heterocycles. The molecule has 2 aromatic carbocycles. The van der Waals surface area contributed by atoms with Gasteiger partial charge in [0, 0.05) is 27.8 Å². The van der Waals surface area contributed by atoms with Gasteiger partial charge in [-0.3, -0.25) is 4.79 Å². The minimum Gasteiger partial charge on any atom is -0.383 e. The number of aromatic nitrogens is 1. The summed E-state index contributed by atoms with van der Waals surface area (Å²) in [5, 5.41) is 0. The Labute approximate surface area is 139 Å². The Bertz CT molecular complexity index is 876. The fourth-order valence-corrected chi connectivity index (χ4v) is 2.51. The summed E-state index contributed by atoms with van der Waals surface area (Å²) in [5.41, 5.74) is 15.3. The summed E-state index contributed by atoms with van der Waals surface area (Å²) < 4.78 is 0. The molecular weight excluding hydrogens is 306 g/mol. The molecule has 4 N–H and O–H groups in total. The van der Waals surface area contributed by atoms with Gasteiger partial charge in [0.25, 0.3) is 0 Å². The number of nitrogens with zero attached hydrogens (tertiary/aromatic N) is 1. The number of anilines is 1. The van der Waals surface area contributed by atoms with Crippen LogP contribution in [0.1, 0.15) is 10.4 Å². The molecule has 4 nitrogen and oxygen atoms in total. The molecule has 0 saturated carbocycles. The fourth-order valence-electron chi connectivity index (χ4n) is 2.36. The molecule has 3 rings (SSSR count). The standard InChI is InChI=1S/C18H15N3OS/c19-17-16(12-2-1-3-13(8-12)18(20)22)9-14(10-21-17)11-4-6-15(23)7-5-11/h1-10,23H,(H2,19,21)(H2,20,22). The zero-order chi connectivity index (χ0) is 16.4. The molecule has 0 atom stereocenters. The fraction of sp³-hybridized carbons (Fsp3) is 0. The molecule has 0 aliphatic rings. The SMILES string of the molecule is NC(=O)c1cccc(-c2cc(-c3ccc(S)cc3)cnc2N)c1. The van der Waals surface area contributed by atoms with Gasteiger partial charge < -0.3 is 11.5 Å². The largest absolute Gasteiger partial charge is 0.383 e. The second kappa shape index (κ2) is 6.14. The van der Waals surface area contributed by atoms with Gasteiger partial charge in [0.2, 0.25) is 5.91 Å². The van der Waals surface area contributed by atoms with Gasteiger partial charge in [-0.05, 0) is 41.5 Å². The Hall–Kier alpha value is -2.79. The summed E-state index contributed by atoms with van der Waals surface area (Å²) in [6.07, 6.45) is 1.73. The first-order valence-corrected chi connectivity index (χ1v) is 7.44. The Morgan fingerprint density at radius 1 is 0.957 bits per heavy atom. The maximum atomic E-state index is 11.4. The average molecular weight is 321 g/mol. The summed E-state index contributed by atoms with van der Waals surface area (Å²) >= 11 is 4.29. The molecule has 23 heavy (non-hydrogen) atoms. The van der Waals surface area contributed by atoms with E-state index < -0.39 is 5.91 Å². The lowest BCUT2D eigenvalue weighted by molar-refractivity contribution is 0.100. The number of pyridine rings is 1. The first kappa shape index (κ1) is 15.1. The van der Waals surface area contributed by atoms with Gasteiger partial charge >= 0.3 is 0 Å². The predicted molar refractivity (Wildman–Crippen MR) is 95.3 cm³/mol. The number of carbonyl (C=O) groups excluding carboxylic acids is 1. The monoisotopic (exact) mass is 321 g/mol. The molecular formula is C18H15N3OS. The van der Waals surface area contributed by atoms with Crippen LogP contribution in [0.4, 0.5) is 5.82 Å². The number of carbonyl (C=O) groups is 1. The van der Waals surface area contributed by atoms with E-state index in [9.17, 15) is 4.79 Å². The summed E-state index contributed by atoms with van der Waals surface area (Å²) in [6, 6.07) is 16.8. The first-order chi connectivity index (χ1) is 11.0. The number of thiol groups is 1. The molecule has 5 heteroatoms. The van der Waals surface area contributed by atoms with Crippen LogP contribution >= 0.6 is 12.6 Å². The molecule has 0 radical (unpaired) electrons. The second-order valence-electron chi connectivity index (χ2n) is 5.15. The highest BCUT2D eigenvalue weighted by Gasteiger charge is 2.09. The molecule has 0 unspecified atom stereocenters. The number of primary amides is 1. The van der Waals surface area contributed by atoms with Crippen molar-refractivity contribution in [3.8, 4) is 22.3 Å². The minimum absolute atomic E-state index is 0.404. The summed E-state index contributed by atoms with van der Waals surface area (Å²) in [4.78, 5) is 16.5. The van der Waals surface area contributed by atoms with Gasteiger partial charge in [0.15, 0.2) is 0 Å². The van der Waals surface area contributed by atoms with E-state index >= 15 is 0 Å². The molecule has 114 valence electrons. The van der Waals surface area contributed by atoms with Crippen LogP contribution in [0, 0.1) is 0 Å². The Kier molecular flexibility index (Phi) is 4.04. The van der Waals surface area contributed by atoms with E-state index in [1.165, 1.54) is 0 Å². The van der Waals surface area contributed by atoms with E-state index in [1.807, 2.05) is 36.4 Å². The molecule has 0 aliphatic carbocycles. The van der Waals surface area contributed by atoms with Crippen LogP contribution < -0.4 is 11.5 Å². The lowest BCUT2D eigenvalue weighted by atomic mass is 9.99. The van der Waals surface area contributed by atoms with Crippen molar-refractivity contribution < 1.29 is 4.79 Å². The van der Waals surface area contributed by atoms with Crippen molar-refractivity contribution in [3.05, 3.63) is 66.4 Å². The van der Waals surface area contributed by atoms with Crippen molar-refractivity contribution in [1.82, 2.24) is 4.98 Å². The summed E-state index contributed by atoms with van der Waals surface area (Å²) in [7, 11) is 0. The van der Waals surface area contributed by atoms with Crippen LogP contribution in [0.15, 0.2) is 65.7 Å². The third-order valence-electron chi connectivity index (χ3n) is 3.58. The van der Waals surface area contributed by atoms with E-state index in [-0.39, 0.29) is 0 Å². The molecule has 1 heterocycles. The molecule has 1 amide bonds. The Morgan fingerprint density at radius 3 is 2.39 bits per heavy atom. The van der Waals surface area contributed by atoms with E-state index in [0.29, 0.717) is 11.4 Å². The maximum Gasteiger partial charge on any atom is 0.248 e. The molecule has 0 fully saturated rings. The number of benzene rings is 2. The van der Waals surface area contributed by atoms with Crippen LogP contribution in [-0.4, -0.2) is 10.9 Å². The Morgan fingerprint density at radius 2 is 1.70 bits per heavy atom. The lowest BCUT2D eigenvalue weighted by Crippen LogP contribution is -2.10. The highest BCUT2D eigenvalue weighted by atomic mass is 32.1. The smallest absolute Gasteiger partial charge is 0.248 e. The lowest BCUT2D eigenvalue weighted by Gasteiger charge is -2.09. The van der Waals surface area contributed by atoms with Gasteiger partial charge in [-0.1, -0.05) is 24.3 Å². The summed E-state index contributed by atoms with van der Waals surface area (Å²) in [5.74, 6) is -0.0694. The number of nitrogens with two attached hydrogens (primary N) is 2. The predicted octanol–water partition coefficient (Wildman–Crippen LogP) is 3.39. The van der Waals surface area contributed by atoms with Crippen molar-refractivity contribution in [2.24, 2.45) is 5.73 Å². The average Bonchev–Trinajstić information content (AvgIpc) is 2.56. The highest BCUT2D eigenvalue weighted by Crippen LogP contribution is 2.30. The maximum absolute atomic E-state index is 11.4. The van der Waals surface area contributed by atoms with Crippen LogP contribution in [-0.2, 0) is 0 Å². The van der Waals surface area contributed by atoms with Crippen molar-refractivity contribution in [3.63, 3.8) is 0 Å². The zero-order valence-electron chi connectivity index (χ0n) is 12.2. The molecule has 0 spiro atoms. The molecule has 0 bridgehead atoms. The van der Waals surface area contributed by atoms with Crippen molar-refractivity contribution >= 4 is 24.4 Å². The molecule has 1 aromatic heterocycles. The van der Waals surface area contributed by atoms with Crippen molar-refractivity contribution in [2.75, 3.05) is 5.73 Å². The number of hydrogen-bond acceptors (Lipinski definition) is 4. The van der Waals surface area contributed by atoms with E-state index in [2.05, 4.69) is 17.6 Å². The number of nitrogen functional groups attached to an aromatic ring is 1. The third-order valence-corrected chi connectivity index (χ3v) is 3.88. The second-order valence-corrected chi connectivity index (χ2v) is 5.67. The van der Waals surface area contributed by atoms with Crippen molar-refractivity contribution in [2.45, 2.75) is 4.90 Å².